The summed E-state index contributed by atoms with van der Waals surface area (Å²) in [7, 11) is 0. The molecule has 0 fully saturated rings. The predicted octanol–water partition coefficient (Wildman–Crippen LogP) is 7.64. The van der Waals surface area contributed by atoms with Gasteiger partial charge in [0.2, 0.25) is 0 Å². The van der Waals surface area contributed by atoms with E-state index >= 15 is 0 Å². The van der Waals surface area contributed by atoms with Crippen LogP contribution >= 0.6 is 37.2 Å². The van der Waals surface area contributed by atoms with Crippen molar-refractivity contribution in [3.05, 3.63) is 55.6 Å². The summed E-state index contributed by atoms with van der Waals surface area (Å²) in [5, 5.41) is 0. The summed E-state index contributed by atoms with van der Waals surface area (Å²) < 4.78 is 12.9. The third-order valence-corrected chi connectivity index (χ3v) is 7.07. The van der Waals surface area contributed by atoms with Crippen molar-refractivity contribution in [2.75, 3.05) is 0 Å². The molecular formula is C25H30I2N2O2Y. The Labute approximate surface area is 240 Å². The van der Waals surface area contributed by atoms with Crippen molar-refractivity contribution in [2.45, 2.75) is 75.3 Å². The maximum Gasteiger partial charge on any atom is 0.471 e. The molecule has 0 amide bonds. The Morgan fingerprint density at radius 1 is 0.500 bits per heavy atom. The normalized spacial score (nSPS) is 15.1. The number of hydrogen-bond acceptors (Lipinski definition) is 4. The van der Waals surface area contributed by atoms with Crippen molar-refractivity contribution in [3.8, 4) is 11.5 Å². The number of fused-ring (bicyclic) bond motifs is 2. The topological polar surface area (TPSA) is 43.2 Å². The first-order valence-corrected chi connectivity index (χ1v) is 16.6. The Balaban J connectivity index is 0.00000118. The minimum absolute atomic E-state index is 0. The van der Waals surface area contributed by atoms with Gasteiger partial charge in [-0.2, -0.15) is 9.98 Å². The molecule has 1 radical (unpaired) electrons. The summed E-state index contributed by atoms with van der Waals surface area (Å²) in [6, 6.07) is -1.40. The van der Waals surface area contributed by atoms with E-state index in [0.717, 1.165) is 45.2 Å². The molecule has 1 spiro atoms. The van der Waals surface area contributed by atoms with E-state index in [9.17, 15) is 0 Å². The molecule has 4 nitrogen and oxygen atoms in total. The molecule has 0 atom stereocenters. The summed E-state index contributed by atoms with van der Waals surface area (Å²) in [6.45, 7) is 21.1. The smallest absolute Gasteiger partial charge is 0.414 e. The Morgan fingerprint density at radius 3 is 1.09 bits per heavy atom. The Kier molecular flexibility index (Phi) is 9.06. The molecule has 0 saturated heterocycles. The quantitative estimate of drug-likeness (QED) is 0.262. The summed E-state index contributed by atoms with van der Waals surface area (Å²) in [5.74, 6) is 1.66. The second-order valence-electron chi connectivity index (χ2n) is 8.56. The molecule has 2 aliphatic rings. The predicted molar refractivity (Wildman–Crippen MR) is 147 cm³/mol. The summed E-state index contributed by atoms with van der Waals surface area (Å²) in [6.07, 6.45) is 0. The molecule has 0 N–H and O–H groups in total. The van der Waals surface area contributed by atoms with Crippen LogP contribution in [0.5, 0.6) is 11.5 Å². The van der Waals surface area contributed by atoms with Crippen LogP contribution in [0.4, 0.5) is 0 Å². The number of rotatable bonds is 0. The van der Waals surface area contributed by atoms with Gasteiger partial charge in [-0.1, -0.05) is 0 Å². The second-order valence-corrected chi connectivity index (χ2v) is 8.56. The largest absolute Gasteiger partial charge is 0.471 e. The molecule has 4 rings (SSSR count). The molecule has 169 valence electrons. The number of halogens is 2. The zero-order valence-electron chi connectivity index (χ0n) is 20.5. The van der Waals surface area contributed by atoms with Crippen LogP contribution in [0, 0.1) is 55.4 Å². The summed E-state index contributed by atoms with van der Waals surface area (Å²) in [4.78, 5) is 9.69. The van der Waals surface area contributed by atoms with Gasteiger partial charge in [-0.3, -0.25) is 0 Å². The van der Waals surface area contributed by atoms with Gasteiger partial charge < -0.3 is 9.47 Å². The van der Waals surface area contributed by atoms with E-state index < -0.39 is 6.03 Å². The minimum atomic E-state index is -1.40. The number of ether oxygens (including phenoxy) is 2. The van der Waals surface area contributed by atoms with Crippen molar-refractivity contribution in [1.82, 2.24) is 0 Å². The van der Waals surface area contributed by atoms with E-state index in [0.29, 0.717) is 0 Å². The summed E-state index contributed by atoms with van der Waals surface area (Å²) in [5.41, 5.74) is 13.6. The van der Waals surface area contributed by atoms with E-state index in [1.54, 1.807) is 0 Å². The van der Waals surface area contributed by atoms with Gasteiger partial charge in [0.1, 0.15) is 11.5 Å². The van der Waals surface area contributed by atoms with E-state index in [1.165, 1.54) is 33.4 Å². The molecule has 2 aliphatic heterocycles. The van der Waals surface area contributed by atoms with Crippen LogP contribution in [-0.2, 0) is 32.7 Å². The van der Waals surface area contributed by atoms with Crippen molar-refractivity contribution < 1.29 is 42.2 Å². The zero-order chi connectivity index (χ0) is 23.4. The zero-order valence-corrected chi connectivity index (χ0v) is 27.7. The Bertz CT molecular complexity index is 1080. The van der Waals surface area contributed by atoms with Gasteiger partial charge in [0.25, 0.3) is 0 Å². The summed E-state index contributed by atoms with van der Waals surface area (Å²) >= 11 is 4.24. The van der Waals surface area contributed by atoms with E-state index in [-0.39, 0.29) is 32.7 Å². The Hall–Kier alpha value is -0.0561. The third kappa shape index (κ3) is 4.35. The van der Waals surface area contributed by atoms with Crippen LogP contribution in [-0.4, -0.2) is 17.5 Å². The fraction of sp³-hybridized carbons (Fsp3) is 0.440. The van der Waals surface area contributed by atoms with Gasteiger partial charge >= 0.3 is 6.03 Å². The maximum atomic E-state index is 6.47. The third-order valence-electron chi connectivity index (χ3n) is 7.07. The molecule has 0 saturated carbocycles. The number of benzene rings is 2. The van der Waals surface area contributed by atoms with Crippen LogP contribution in [0.25, 0.3) is 0 Å². The molecule has 7 heteroatoms. The first-order chi connectivity index (χ1) is 14.5. The van der Waals surface area contributed by atoms with Crippen LogP contribution in [0.1, 0.15) is 69.5 Å². The molecule has 0 unspecified atom stereocenters. The van der Waals surface area contributed by atoms with Gasteiger partial charge in [0.05, 0.1) is 11.4 Å². The van der Waals surface area contributed by atoms with E-state index in [1.807, 2.05) is 13.8 Å². The molecule has 0 aromatic heterocycles. The fourth-order valence-electron chi connectivity index (χ4n) is 4.62. The van der Waals surface area contributed by atoms with Gasteiger partial charge in [-0.15, -0.1) is 0 Å². The fourth-order valence-corrected chi connectivity index (χ4v) is 4.62. The SMILES string of the molecule is CC1=NC2(N=C(C)c3c(C)c(C)c(C)c(C)c3O2)Oc2c(C)c(C)c(C)c(C)c21.II.[Y]. The molecular weight excluding hydrogens is 703 g/mol. The van der Waals surface area contributed by atoms with Gasteiger partial charge in [0.15, 0.2) is 0 Å². The number of nitrogens with zero attached hydrogens (tertiary/aromatic N) is 2. The van der Waals surface area contributed by atoms with Crippen LogP contribution < -0.4 is 9.47 Å². The average molecular weight is 733 g/mol. The Morgan fingerprint density at radius 2 is 0.781 bits per heavy atom. The van der Waals surface area contributed by atoms with Crippen LogP contribution in [0.2, 0.25) is 0 Å². The molecule has 32 heavy (non-hydrogen) atoms. The first-order valence-electron chi connectivity index (χ1n) is 10.4. The first kappa shape index (κ1) is 28.2. The molecule has 0 bridgehead atoms. The van der Waals surface area contributed by atoms with Crippen molar-refractivity contribution in [1.29, 1.82) is 0 Å². The minimum Gasteiger partial charge on any atom is -0.414 e. The molecule has 0 aliphatic carbocycles. The van der Waals surface area contributed by atoms with Crippen molar-refractivity contribution in [3.63, 3.8) is 0 Å². The number of hydrogen-bond donors (Lipinski definition) is 0. The van der Waals surface area contributed by atoms with Gasteiger partial charge in [0, 0.05) is 81.1 Å². The van der Waals surface area contributed by atoms with Crippen molar-refractivity contribution in [2.24, 2.45) is 9.98 Å². The van der Waals surface area contributed by atoms with Crippen LogP contribution in [0.15, 0.2) is 9.98 Å². The molecule has 2 aromatic rings. The van der Waals surface area contributed by atoms with E-state index in [2.05, 4.69) is 92.6 Å². The second kappa shape index (κ2) is 10.3. The number of aliphatic imine (C=N–C) groups is 2. The van der Waals surface area contributed by atoms with Crippen LogP contribution in [0.3, 0.4) is 0 Å². The van der Waals surface area contributed by atoms with Gasteiger partial charge in [-0.25, -0.2) is 0 Å². The van der Waals surface area contributed by atoms with Gasteiger partial charge in [-0.05, 0) is 114 Å². The maximum absolute atomic E-state index is 6.47. The molecule has 2 aromatic carbocycles. The standard InChI is InChI=1S/C25H30N2O2.I2.Y/c1-11-13(3)17(7)23-21(15(11)5)19(9)26-25(28-23)27-20(10)22-16(6)12(2)14(4)18(8)24(22)29-25;1-2;/h1-10H3;;. The van der Waals surface area contributed by atoms with Crippen molar-refractivity contribution >= 4 is 48.7 Å². The molecule has 2 heterocycles. The van der Waals surface area contributed by atoms with E-state index in [4.69, 9.17) is 19.5 Å². The monoisotopic (exact) mass is 733 g/mol. The average Bonchev–Trinajstić information content (AvgIpc) is 2.73.